The lowest BCUT2D eigenvalue weighted by molar-refractivity contribution is -1.02. The number of carbonyl (C=O) groups is 2. The molecular weight excluding hydrogens is 380 g/mol. The number of methoxy groups -OCH3 is 1. The molecule has 0 aromatic heterocycles. The summed E-state index contributed by atoms with van der Waals surface area (Å²) < 4.78 is 5.22. The van der Waals surface area contributed by atoms with Crippen LogP contribution in [-0.4, -0.2) is 56.8 Å². The van der Waals surface area contributed by atoms with Gasteiger partial charge in [0.2, 0.25) is 0 Å². The highest BCUT2D eigenvalue weighted by Gasteiger charge is 2.50. The minimum absolute atomic E-state index is 0.167. The maximum absolute atomic E-state index is 13.1. The van der Waals surface area contributed by atoms with E-state index in [2.05, 4.69) is 17.4 Å². The first-order valence-corrected chi connectivity index (χ1v) is 10.5. The molecule has 0 bridgehead atoms. The van der Waals surface area contributed by atoms with Crippen molar-refractivity contribution in [2.75, 3.05) is 40.0 Å². The van der Waals surface area contributed by atoms with Crippen LogP contribution in [0.25, 0.3) is 0 Å². The molecule has 0 radical (unpaired) electrons. The Morgan fingerprint density at radius 2 is 1.60 bits per heavy atom. The molecule has 2 aliphatic heterocycles. The zero-order chi connectivity index (χ0) is 21.1. The fourth-order valence-corrected chi connectivity index (χ4v) is 4.36. The van der Waals surface area contributed by atoms with Crippen LogP contribution in [0.1, 0.15) is 18.1 Å². The Kier molecular flexibility index (Phi) is 5.74. The van der Waals surface area contributed by atoms with Crippen LogP contribution in [0.2, 0.25) is 0 Å². The van der Waals surface area contributed by atoms with Crippen molar-refractivity contribution in [1.29, 1.82) is 0 Å². The predicted molar refractivity (Wildman–Crippen MR) is 112 cm³/mol. The third-order valence-corrected chi connectivity index (χ3v) is 6.29. The number of piperazine rings is 1. The van der Waals surface area contributed by atoms with Crippen molar-refractivity contribution < 1.29 is 24.1 Å². The minimum atomic E-state index is -0.987. The second-order valence-corrected chi connectivity index (χ2v) is 8.34. The molecule has 0 aliphatic carbocycles. The van der Waals surface area contributed by atoms with Crippen molar-refractivity contribution in [2.45, 2.75) is 19.0 Å². The van der Waals surface area contributed by atoms with E-state index in [9.17, 15) is 9.59 Å². The van der Waals surface area contributed by atoms with E-state index >= 15 is 0 Å². The van der Waals surface area contributed by atoms with E-state index in [1.807, 2.05) is 42.5 Å². The molecule has 0 saturated carbocycles. The monoisotopic (exact) mass is 410 g/mol. The van der Waals surface area contributed by atoms with Crippen LogP contribution in [0.4, 0.5) is 4.79 Å². The molecule has 2 heterocycles. The molecule has 3 N–H and O–H groups in total. The number of nitrogens with one attached hydrogen (secondary N) is 3. The highest BCUT2D eigenvalue weighted by atomic mass is 16.5. The molecule has 2 aliphatic rings. The first-order chi connectivity index (χ1) is 14.5. The number of urea groups is 1. The third-order valence-electron chi connectivity index (χ3n) is 6.29. The van der Waals surface area contributed by atoms with Crippen LogP contribution >= 0.6 is 0 Å². The van der Waals surface area contributed by atoms with Gasteiger partial charge in [0.15, 0.2) is 6.67 Å². The molecule has 7 nitrogen and oxygen atoms in total. The number of benzene rings is 2. The Labute approximate surface area is 177 Å². The molecule has 4 rings (SSSR count). The van der Waals surface area contributed by atoms with Gasteiger partial charge in [0, 0.05) is 5.56 Å². The Bertz CT molecular complexity index is 894. The normalized spacial score (nSPS) is 26.5. The van der Waals surface area contributed by atoms with Crippen LogP contribution in [-0.2, 0) is 16.9 Å². The fourth-order valence-electron chi connectivity index (χ4n) is 4.36. The molecule has 158 valence electrons. The zero-order valence-electron chi connectivity index (χ0n) is 17.6. The minimum Gasteiger partial charge on any atom is -0.497 e. The van der Waals surface area contributed by atoms with Crippen molar-refractivity contribution >= 4 is 11.9 Å². The SMILES string of the molecule is COc1ccc(C[NH+]2CC[NH+](CN3C(=O)N[C@@](C)(c4ccccc4)C3=O)CC2)cc1. The number of rotatable bonds is 6. The summed E-state index contributed by atoms with van der Waals surface area (Å²) in [7, 11) is 1.68. The summed E-state index contributed by atoms with van der Waals surface area (Å²) in [6.45, 7) is 7.08. The second-order valence-electron chi connectivity index (χ2n) is 8.34. The second kappa shape index (κ2) is 8.45. The average molecular weight is 411 g/mol. The van der Waals surface area contributed by atoms with Gasteiger partial charge in [-0.05, 0) is 36.8 Å². The molecule has 1 atom stereocenters. The number of quaternary nitrogens is 2. The maximum atomic E-state index is 13.1. The Morgan fingerprint density at radius 3 is 2.23 bits per heavy atom. The van der Waals surface area contributed by atoms with Gasteiger partial charge in [0.05, 0.1) is 7.11 Å². The van der Waals surface area contributed by atoms with Crippen molar-refractivity contribution in [3.05, 3.63) is 65.7 Å². The molecule has 7 heteroatoms. The Balaban J connectivity index is 1.32. The van der Waals surface area contributed by atoms with Gasteiger partial charge in [-0.25, -0.2) is 9.69 Å². The largest absolute Gasteiger partial charge is 0.497 e. The van der Waals surface area contributed by atoms with Gasteiger partial charge < -0.3 is 19.9 Å². The molecule has 0 spiro atoms. The summed E-state index contributed by atoms with van der Waals surface area (Å²) in [5.41, 5.74) is 1.12. The number of imide groups is 1. The maximum Gasteiger partial charge on any atom is 0.329 e. The summed E-state index contributed by atoms with van der Waals surface area (Å²) in [4.78, 5) is 29.8. The summed E-state index contributed by atoms with van der Waals surface area (Å²) in [6, 6.07) is 17.4. The summed E-state index contributed by atoms with van der Waals surface area (Å²) in [5, 5.41) is 2.90. The van der Waals surface area contributed by atoms with Crippen molar-refractivity contribution in [3.8, 4) is 5.75 Å². The number of carbonyl (C=O) groups excluding carboxylic acids is 2. The first kappa shape index (κ1) is 20.4. The standard InChI is InChI=1S/C23H28N4O3/c1-23(19-6-4-3-5-7-19)21(28)27(22(29)24-23)17-26-14-12-25(13-15-26)16-18-8-10-20(30-2)11-9-18/h3-11H,12-17H2,1-2H3,(H,24,29)/p+2/t23-/m0/s1. The van der Waals surface area contributed by atoms with Crippen LogP contribution in [0.15, 0.2) is 54.6 Å². The van der Waals surface area contributed by atoms with Gasteiger partial charge in [-0.2, -0.15) is 0 Å². The highest BCUT2D eigenvalue weighted by Crippen LogP contribution is 2.27. The number of hydrogen-bond acceptors (Lipinski definition) is 3. The zero-order valence-corrected chi connectivity index (χ0v) is 17.6. The third kappa shape index (κ3) is 4.04. The van der Waals surface area contributed by atoms with Gasteiger partial charge in [-0.15, -0.1) is 0 Å². The Hall–Kier alpha value is -2.90. The van der Waals surface area contributed by atoms with E-state index in [0.29, 0.717) is 6.67 Å². The summed E-state index contributed by atoms with van der Waals surface area (Å²) in [6.07, 6.45) is 0. The molecule has 3 amide bonds. The molecule has 2 aromatic rings. The summed E-state index contributed by atoms with van der Waals surface area (Å²) >= 11 is 0. The first-order valence-electron chi connectivity index (χ1n) is 10.5. The molecule has 2 saturated heterocycles. The quantitative estimate of drug-likeness (QED) is 0.558. The van der Waals surface area contributed by atoms with E-state index in [4.69, 9.17) is 4.74 Å². The van der Waals surface area contributed by atoms with E-state index < -0.39 is 5.54 Å². The fraction of sp³-hybridized carbons (Fsp3) is 0.391. The van der Waals surface area contributed by atoms with Crippen LogP contribution in [0.3, 0.4) is 0 Å². The van der Waals surface area contributed by atoms with E-state index in [1.54, 1.807) is 14.0 Å². The number of hydrogen-bond donors (Lipinski definition) is 3. The summed E-state index contributed by atoms with van der Waals surface area (Å²) in [5.74, 6) is 0.707. The molecule has 0 unspecified atom stereocenters. The smallest absolute Gasteiger partial charge is 0.329 e. The lowest BCUT2D eigenvalue weighted by Gasteiger charge is -2.31. The van der Waals surface area contributed by atoms with Crippen LogP contribution in [0, 0.1) is 0 Å². The van der Waals surface area contributed by atoms with Crippen LogP contribution < -0.4 is 19.9 Å². The van der Waals surface area contributed by atoms with Gasteiger partial charge in [0.25, 0.3) is 5.91 Å². The van der Waals surface area contributed by atoms with Crippen molar-refractivity contribution in [3.63, 3.8) is 0 Å². The molecule has 2 fully saturated rings. The predicted octanol–water partition coefficient (Wildman–Crippen LogP) is -0.597. The van der Waals surface area contributed by atoms with Crippen molar-refractivity contribution in [1.82, 2.24) is 10.2 Å². The molecular formula is C23H30N4O3+2. The van der Waals surface area contributed by atoms with Gasteiger partial charge in [-0.1, -0.05) is 30.3 Å². The Morgan fingerprint density at radius 1 is 0.967 bits per heavy atom. The van der Waals surface area contributed by atoms with E-state index in [0.717, 1.165) is 44.0 Å². The lowest BCUT2D eigenvalue weighted by Crippen LogP contribution is -3.28. The highest BCUT2D eigenvalue weighted by molar-refractivity contribution is 6.07. The molecule has 2 aromatic carbocycles. The van der Waals surface area contributed by atoms with Crippen molar-refractivity contribution in [2.24, 2.45) is 0 Å². The topological polar surface area (TPSA) is 67.5 Å². The van der Waals surface area contributed by atoms with Gasteiger partial charge >= 0.3 is 6.03 Å². The number of amides is 3. The van der Waals surface area contributed by atoms with E-state index in [1.165, 1.54) is 20.3 Å². The average Bonchev–Trinajstić information content (AvgIpc) is 3.00. The molecule has 30 heavy (non-hydrogen) atoms. The van der Waals surface area contributed by atoms with E-state index in [-0.39, 0.29) is 11.9 Å². The lowest BCUT2D eigenvalue weighted by atomic mass is 9.92. The van der Waals surface area contributed by atoms with Crippen LogP contribution in [0.5, 0.6) is 5.75 Å². The number of nitrogens with zero attached hydrogens (tertiary/aromatic N) is 1. The van der Waals surface area contributed by atoms with Gasteiger partial charge in [-0.3, -0.25) is 4.79 Å². The van der Waals surface area contributed by atoms with Gasteiger partial charge in [0.1, 0.15) is 44.0 Å². The number of ether oxygens (including phenoxy) is 1.